The Kier molecular flexibility index (Phi) is 3.34. The molecule has 2 aromatic rings. The van der Waals surface area contributed by atoms with Crippen LogP contribution in [-0.4, -0.2) is 29.4 Å². The third-order valence-corrected chi connectivity index (χ3v) is 3.74. The minimum absolute atomic E-state index is 0.0202. The number of aryl methyl sites for hydroxylation is 1. The predicted molar refractivity (Wildman–Crippen MR) is 68.4 cm³/mol. The van der Waals surface area contributed by atoms with Crippen molar-refractivity contribution in [2.45, 2.75) is 18.7 Å². The van der Waals surface area contributed by atoms with Crippen molar-refractivity contribution in [2.75, 3.05) is 4.72 Å². The van der Waals surface area contributed by atoms with Crippen LogP contribution in [0.1, 0.15) is 23.1 Å². The van der Waals surface area contributed by atoms with Crippen LogP contribution in [0.2, 0.25) is 0 Å². The third kappa shape index (κ3) is 2.97. The Labute approximate surface area is 110 Å². The van der Waals surface area contributed by atoms with Crippen LogP contribution >= 0.6 is 0 Å². The van der Waals surface area contributed by atoms with Gasteiger partial charge in [-0.05, 0) is 26.0 Å². The first-order valence-electron chi connectivity index (χ1n) is 5.41. The standard InChI is InChI=1S/C11H12N4O3S/c1-7(16)9-3-5-10(6-4-9)19(17,18)15-11-12-8(2)13-14-11/h3-6H,1-2H3,(H2,12,13,14,15). The van der Waals surface area contributed by atoms with Gasteiger partial charge in [0.1, 0.15) is 5.82 Å². The summed E-state index contributed by atoms with van der Waals surface area (Å²) in [5, 5.41) is 6.23. The van der Waals surface area contributed by atoms with Crippen molar-refractivity contribution in [3.05, 3.63) is 35.7 Å². The second kappa shape index (κ2) is 4.81. The normalized spacial score (nSPS) is 11.3. The molecule has 0 aliphatic carbocycles. The van der Waals surface area contributed by atoms with Crippen LogP contribution in [0.15, 0.2) is 29.2 Å². The predicted octanol–water partition coefficient (Wildman–Crippen LogP) is 1.12. The zero-order chi connectivity index (χ0) is 14.0. The van der Waals surface area contributed by atoms with Crippen molar-refractivity contribution >= 4 is 21.8 Å². The monoisotopic (exact) mass is 280 g/mol. The summed E-state index contributed by atoms with van der Waals surface area (Å²) in [7, 11) is -3.75. The molecule has 2 N–H and O–H groups in total. The molecule has 0 fully saturated rings. The maximum Gasteiger partial charge on any atom is 0.264 e. The van der Waals surface area contributed by atoms with Gasteiger partial charge in [0.05, 0.1) is 4.90 Å². The molecular formula is C11H12N4O3S. The van der Waals surface area contributed by atoms with Gasteiger partial charge >= 0.3 is 0 Å². The second-order valence-corrected chi connectivity index (χ2v) is 5.61. The molecule has 1 aromatic carbocycles. The number of Topliss-reactive ketones (excluding diaryl/α,β-unsaturated/α-hetero) is 1. The number of carbonyl (C=O) groups is 1. The van der Waals surface area contributed by atoms with Crippen molar-refractivity contribution in [1.29, 1.82) is 0 Å². The van der Waals surface area contributed by atoms with E-state index in [0.29, 0.717) is 11.4 Å². The van der Waals surface area contributed by atoms with E-state index >= 15 is 0 Å². The molecule has 0 spiro atoms. The highest BCUT2D eigenvalue weighted by atomic mass is 32.2. The number of carbonyl (C=O) groups excluding carboxylic acids is 1. The number of hydrogen-bond acceptors (Lipinski definition) is 5. The summed E-state index contributed by atoms with van der Waals surface area (Å²) in [6.07, 6.45) is 0. The van der Waals surface area contributed by atoms with E-state index in [1.807, 2.05) is 0 Å². The lowest BCUT2D eigenvalue weighted by Gasteiger charge is -2.04. The van der Waals surface area contributed by atoms with Gasteiger partial charge < -0.3 is 0 Å². The van der Waals surface area contributed by atoms with Gasteiger partial charge in [-0.3, -0.25) is 9.89 Å². The van der Waals surface area contributed by atoms with E-state index in [1.165, 1.54) is 31.2 Å². The number of ketones is 1. The van der Waals surface area contributed by atoms with Crippen LogP contribution in [0.5, 0.6) is 0 Å². The van der Waals surface area contributed by atoms with Crippen LogP contribution < -0.4 is 4.72 Å². The molecule has 0 amide bonds. The minimum Gasteiger partial charge on any atom is -0.295 e. The fourth-order valence-corrected chi connectivity index (χ4v) is 2.38. The van der Waals surface area contributed by atoms with Crippen LogP contribution in [0, 0.1) is 6.92 Å². The summed E-state index contributed by atoms with van der Waals surface area (Å²) in [5.41, 5.74) is 0.452. The van der Waals surface area contributed by atoms with Gasteiger partial charge in [-0.25, -0.2) is 13.1 Å². The molecule has 8 heteroatoms. The molecule has 0 saturated carbocycles. The maximum atomic E-state index is 12.0. The lowest BCUT2D eigenvalue weighted by molar-refractivity contribution is 0.101. The fourth-order valence-electron chi connectivity index (χ4n) is 1.44. The zero-order valence-electron chi connectivity index (χ0n) is 10.3. The molecule has 100 valence electrons. The Morgan fingerprint density at radius 2 is 1.89 bits per heavy atom. The van der Waals surface area contributed by atoms with Crippen LogP contribution in [-0.2, 0) is 10.0 Å². The van der Waals surface area contributed by atoms with Gasteiger partial charge in [-0.15, -0.1) is 5.10 Å². The van der Waals surface area contributed by atoms with E-state index < -0.39 is 10.0 Å². The number of aromatic amines is 1. The van der Waals surface area contributed by atoms with Gasteiger partial charge in [0.2, 0.25) is 0 Å². The van der Waals surface area contributed by atoms with Crippen molar-refractivity contribution in [3.63, 3.8) is 0 Å². The highest BCUT2D eigenvalue weighted by Crippen LogP contribution is 2.14. The second-order valence-electron chi connectivity index (χ2n) is 3.93. The maximum absolute atomic E-state index is 12.0. The summed E-state index contributed by atoms with van der Waals surface area (Å²) in [6.45, 7) is 3.07. The lowest BCUT2D eigenvalue weighted by atomic mass is 10.2. The van der Waals surface area contributed by atoms with Gasteiger partial charge in [0.25, 0.3) is 16.0 Å². The Morgan fingerprint density at radius 1 is 1.26 bits per heavy atom. The Balaban J connectivity index is 2.26. The number of H-pyrrole nitrogens is 1. The van der Waals surface area contributed by atoms with Gasteiger partial charge in [0, 0.05) is 5.56 Å². The van der Waals surface area contributed by atoms with E-state index in [2.05, 4.69) is 19.9 Å². The Hall–Kier alpha value is -2.22. The molecule has 0 radical (unpaired) electrons. The molecule has 0 bridgehead atoms. The smallest absolute Gasteiger partial charge is 0.264 e. The molecule has 0 unspecified atom stereocenters. The largest absolute Gasteiger partial charge is 0.295 e. The topological polar surface area (TPSA) is 105 Å². The number of rotatable bonds is 4. The highest BCUT2D eigenvalue weighted by Gasteiger charge is 2.16. The van der Waals surface area contributed by atoms with Crippen LogP contribution in [0.25, 0.3) is 0 Å². The molecule has 0 atom stereocenters. The van der Waals surface area contributed by atoms with E-state index in [-0.39, 0.29) is 16.6 Å². The van der Waals surface area contributed by atoms with Crippen molar-refractivity contribution in [2.24, 2.45) is 0 Å². The van der Waals surface area contributed by atoms with E-state index in [1.54, 1.807) is 6.92 Å². The summed E-state index contributed by atoms with van der Waals surface area (Å²) in [6, 6.07) is 5.64. The number of aromatic nitrogens is 3. The average molecular weight is 280 g/mol. The van der Waals surface area contributed by atoms with Gasteiger partial charge in [-0.1, -0.05) is 12.1 Å². The number of anilines is 1. The number of hydrogen-bond donors (Lipinski definition) is 2. The van der Waals surface area contributed by atoms with Crippen molar-refractivity contribution in [1.82, 2.24) is 15.2 Å². The molecule has 19 heavy (non-hydrogen) atoms. The average Bonchev–Trinajstić information content (AvgIpc) is 2.74. The quantitative estimate of drug-likeness (QED) is 0.816. The Morgan fingerprint density at radius 3 is 2.37 bits per heavy atom. The summed E-state index contributed by atoms with van der Waals surface area (Å²) >= 11 is 0. The summed E-state index contributed by atoms with van der Waals surface area (Å²) < 4.78 is 26.2. The molecule has 0 saturated heterocycles. The molecule has 2 rings (SSSR count). The summed E-state index contributed by atoms with van der Waals surface area (Å²) in [4.78, 5) is 15.0. The molecule has 1 heterocycles. The molecule has 0 aliphatic heterocycles. The molecule has 7 nitrogen and oxygen atoms in total. The Bertz CT molecular complexity index is 704. The fraction of sp³-hybridized carbons (Fsp3) is 0.182. The first-order valence-corrected chi connectivity index (χ1v) is 6.89. The SMILES string of the molecule is CC(=O)c1ccc(S(=O)(=O)Nc2n[nH]c(C)n2)cc1. The zero-order valence-corrected chi connectivity index (χ0v) is 11.2. The molecular weight excluding hydrogens is 268 g/mol. The van der Waals surface area contributed by atoms with Crippen LogP contribution in [0.3, 0.4) is 0 Å². The first kappa shape index (κ1) is 13.2. The van der Waals surface area contributed by atoms with E-state index in [4.69, 9.17) is 0 Å². The van der Waals surface area contributed by atoms with Gasteiger partial charge in [0.15, 0.2) is 5.78 Å². The highest BCUT2D eigenvalue weighted by molar-refractivity contribution is 7.92. The first-order chi connectivity index (χ1) is 8.88. The number of sulfonamides is 1. The third-order valence-electron chi connectivity index (χ3n) is 2.39. The number of benzene rings is 1. The minimum atomic E-state index is -3.75. The molecule has 1 aromatic heterocycles. The number of nitrogens with zero attached hydrogens (tertiary/aromatic N) is 2. The number of nitrogens with one attached hydrogen (secondary N) is 2. The van der Waals surface area contributed by atoms with Crippen molar-refractivity contribution < 1.29 is 13.2 Å². The summed E-state index contributed by atoms with van der Waals surface area (Å²) in [5.74, 6) is 0.360. The molecule has 0 aliphatic rings. The van der Waals surface area contributed by atoms with E-state index in [0.717, 1.165) is 0 Å². The van der Waals surface area contributed by atoms with Crippen LogP contribution in [0.4, 0.5) is 5.95 Å². The van der Waals surface area contributed by atoms with E-state index in [9.17, 15) is 13.2 Å². The van der Waals surface area contributed by atoms with Crippen molar-refractivity contribution in [3.8, 4) is 0 Å². The lowest BCUT2D eigenvalue weighted by Crippen LogP contribution is -2.14. The van der Waals surface area contributed by atoms with Gasteiger partial charge in [-0.2, -0.15) is 4.98 Å².